The maximum atomic E-state index is 12.2. The molecule has 112 valence electrons. The molecular formula is C10H13F3N4O3. The van der Waals surface area contributed by atoms with Gasteiger partial charge in [0.2, 0.25) is 5.72 Å². The SMILES string of the molecule is CN(C)C(=O)[C@](N)(Cc1cnc[nH]1)OC(=O)C(F)(F)F. The second-order valence-electron chi connectivity index (χ2n) is 4.23. The molecule has 0 aliphatic heterocycles. The molecule has 0 fully saturated rings. The fraction of sp³-hybridized carbons (Fsp3) is 0.500. The molecule has 10 heteroatoms. The van der Waals surface area contributed by atoms with Crippen LogP contribution in [0.5, 0.6) is 0 Å². The average Bonchev–Trinajstić information content (AvgIpc) is 2.78. The molecule has 1 atom stereocenters. The van der Waals surface area contributed by atoms with Gasteiger partial charge in [-0.05, 0) is 0 Å². The molecule has 0 saturated carbocycles. The van der Waals surface area contributed by atoms with E-state index < -0.39 is 30.2 Å². The maximum Gasteiger partial charge on any atom is 0.491 e. The van der Waals surface area contributed by atoms with Crippen LogP contribution in [-0.4, -0.2) is 52.7 Å². The van der Waals surface area contributed by atoms with Crippen molar-refractivity contribution in [2.24, 2.45) is 5.73 Å². The van der Waals surface area contributed by atoms with Crippen LogP contribution in [0.3, 0.4) is 0 Å². The Labute approximate surface area is 111 Å². The molecule has 1 heterocycles. The highest BCUT2D eigenvalue weighted by atomic mass is 19.4. The van der Waals surface area contributed by atoms with Crippen molar-refractivity contribution < 1.29 is 27.5 Å². The van der Waals surface area contributed by atoms with Crippen LogP contribution in [0.1, 0.15) is 5.69 Å². The molecule has 0 saturated heterocycles. The van der Waals surface area contributed by atoms with Crippen LogP contribution in [0.4, 0.5) is 13.2 Å². The first-order valence-corrected chi connectivity index (χ1v) is 5.34. The van der Waals surface area contributed by atoms with E-state index in [1.807, 2.05) is 0 Å². The minimum absolute atomic E-state index is 0.248. The number of alkyl halides is 3. The zero-order chi connectivity index (χ0) is 15.6. The molecule has 1 amide bonds. The zero-order valence-corrected chi connectivity index (χ0v) is 10.7. The molecule has 20 heavy (non-hydrogen) atoms. The Bertz CT molecular complexity index is 486. The number of amides is 1. The lowest BCUT2D eigenvalue weighted by Crippen LogP contribution is -2.59. The van der Waals surface area contributed by atoms with Crippen molar-refractivity contribution in [1.82, 2.24) is 14.9 Å². The number of hydrogen-bond acceptors (Lipinski definition) is 5. The Morgan fingerprint density at radius 3 is 2.45 bits per heavy atom. The first-order valence-electron chi connectivity index (χ1n) is 5.34. The van der Waals surface area contributed by atoms with Crippen LogP contribution < -0.4 is 5.73 Å². The van der Waals surface area contributed by atoms with Gasteiger partial charge in [-0.15, -0.1) is 0 Å². The lowest BCUT2D eigenvalue weighted by molar-refractivity contribution is -0.215. The number of ether oxygens (including phenoxy) is 1. The first kappa shape index (κ1) is 16.0. The van der Waals surface area contributed by atoms with E-state index in [-0.39, 0.29) is 5.69 Å². The van der Waals surface area contributed by atoms with Gasteiger partial charge in [-0.2, -0.15) is 13.2 Å². The van der Waals surface area contributed by atoms with E-state index in [2.05, 4.69) is 14.7 Å². The van der Waals surface area contributed by atoms with E-state index in [1.54, 1.807) is 0 Å². The molecular weight excluding hydrogens is 281 g/mol. The number of aromatic amines is 1. The van der Waals surface area contributed by atoms with Gasteiger partial charge in [0.1, 0.15) is 0 Å². The summed E-state index contributed by atoms with van der Waals surface area (Å²) in [6, 6.07) is 0. The summed E-state index contributed by atoms with van der Waals surface area (Å²) in [5, 5.41) is 0. The summed E-state index contributed by atoms with van der Waals surface area (Å²) < 4.78 is 40.9. The fourth-order valence-electron chi connectivity index (χ4n) is 1.42. The number of nitrogens with one attached hydrogen (secondary N) is 1. The highest BCUT2D eigenvalue weighted by Gasteiger charge is 2.49. The van der Waals surface area contributed by atoms with E-state index in [9.17, 15) is 22.8 Å². The van der Waals surface area contributed by atoms with Crippen molar-refractivity contribution in [3.05, 3.63) is 18.2 Å². The Morgan fingerprint density at radius 2 is 2.05 bits per heavy atom. The van der Waals surface area contributed by atoms with Crippen LogP contribution in [0.15, 0.2) is 12.5 Å². The van der Waals surface area contributed by atoms with E-state index >= 15 is 0 Å². The lowest BCUT2D eigenvalue weighted by atomic mass is 10.1. The number of likely N-dealkylation sites (N-methyl/N-ethyl adjacent to an activating group) is 1. The third kappa shape index (κ3) is 3.70. The summed E-state index contributed by atoms with van der Waals surface area (Å²) in [5.41, 5.74) is 3.33. The molecule has 0 bridgehead atoms. The number of halogens is 3. The molecule has 0 spiro atoms. The number of H-pyrrole nitrogens is 1. The van der Waals surface area contributed by atoms with Crippen LogP contribution in [0.2, 0.25) is 0 Å². The maximum absolute atomic E-state index is 12.2. The molecule has 0 unspecified atom stereocenters. The number of hydrogen-bond donors (Lipinski definition) is 2. The largest absolute Gasteiger partial charge is 0.491 e. The molecule has 0 aromatic carbocycles. The predicted octanol–water partition coefficient (Wildman–Crippen LogP) is -0.199. The van der Waals surface area contributed by atoms with Crippen LogP contribution in [-0.2, 0) is 20.7 Å². The van der Waals surface area contributed by atoms with Crippen molar-refractivity contribution in [2.75, 3.05) is 14.1 Å². The van der Waals surface area contributed by atoms with Gasteiger partial charge in [0.05, 0.1) is 12.7 Å². The smallest absolute Gasteiger partial charge is 0.427 e. The van der Waals surface area contributed by atoms with Gasteiger partial charge >= 0.3 is 12.1 Å². The number of carbonyl (C=O) groups excluding carboxylic acids is 2. The monoisotopic (exact) mass is 294 g/mol. The topological polar surface area (TPSA) is 101 Å². The minimum Gasteiger partial charge on any atom is -0.427 e. The second kappa shape index (κ2) is 5.49. The Kier molecular flexibility index (Phi) is 4.38. The number of aromatic nitrogens is 2. The van der Waals surface area contributed by atoms with E-state index in [4.69, 9.17) is 5.73 Å². The third-order valence-corrected chi connectivity index (χ3v) is 2.28. The third-order valence-electron chi connectivity index (χ3n) is 2.28. The summed E-state index contributed by atoms with van der Waals surface area (Å²) in [6.07, 6.45) is -3.20. The van der Waals surface area contributed by atoms with E-state index in [0.29, 0.717) is 0 Å². The van der Waals surface area contributed by atoms with Crippen molar-refractivity contribution >= 4 is 11.9 Å². The first-order chi connectivity index (χ1) is 9.06. The second-order valence-corrected chi connectivity index (χ2v) is 4.23. The molecule has 0 aliphatic rings. The Morgan fingerprint density at radius 1 is 1.45 bits per heavy atom. The van der Waals surface area contributed by atoms with Crippen molar-refractivity contribution in [3.63, 3.8) is 0 Å². The van der Waals surface area contributed by atoms with Gasteiger partial charge in [0.15, 0.2) is 0 Å². The predicted molar refractivity (Wildman–Crippen MR) is 60.1 cm³/mol. The number of esters is 1. The normalized spacial score (nSPS) is 14.5. The van der Waals surface area contributed by atoms with Crippen molar-refractivity contribution in [3.8, 4) is 0 Å². The summed E-state index contributed by atoms with van der Waals surface area (Å²) in [5.74, 6) is -3.51. The van der Waals surface area contributed by atoms with Gasteiger partial charge in [-0.1, -0.05) is 0 Å². The molecule has 0 aliphatic carbocycles. The lowest BCUT2D eigenvalue weighted by Gasteiger charge is -2.30. The van der Waals surface area contributed by atoms with Gasteiger partial charge in [0, 0.05) is 26.0 Å². The molecule has 0 radical (unpaired) electrons. The molecule has 1 aromatic rings. The van der Waals surface area contributed by atoms with Crippen molar-refractivity contribution in [2.45, 2.75) is 18.3 Å². The Balaban J connectivity index is 3.01. The summed E-state index contributed by atoms with van der Waals surface area (Å²) in [7, 11) is 2.55. The van der Waals surface area contributed by atoms with Crippen LogP contribution >= 0.6 is 0 Å². The zero-order valence-electron chi connectivity index (χ0n) is 10.7. The fourth-order valence-corrected chi connectivity index (χ4v) is 1.42. The quantitative estimate of drug-likeness (QED) is 0.591. The van der Waals surface area contributed by atoms with Gasteiger partial charge in [-0.3, -0.25) is 10.5 Å². The molecule has 1 rings (SSSR count). The molecule has 1 aromatic heterocycles. The van der Waals surface area contributed by atoms with Gasteiger partial charge in [-0.25, -0.2) is 9.78 Å². The highest BCUT2D eigenvalue weighted by Crippen LogP contribution is 2.22. The van der Waals surface area contributed by atoms with Gasteiger partial charge < -0.3 is 14.6 Å². The van der Waals surface area contributed by atoms with E-state index in [0.717, 1.165) is 4.90 Å². The molecule has 3 N–H and O–H groups in total. The van der Waals surface area contributed by atoms with Gasteiger partial charge in [0.25, 0.3) is 5.91 Å². The summed E-state index contributed by atoms with van der Waals surface area (Å²) in [6.45, 7) is 0. The number of nitrogens with two attached hydrogens (primary N) is 1. The minimum atomic E-state index is -5.24. The molecule has 7 nitrogen and oxygen atoms in total. The number of rotatable bonds is 4. The van der Waals surface area contributed by atoms with E-state index in [1.165, 1.54) is 26.6 Å². The summed E-state index contributed by atoms with van der Waals surface area (Å²) >= 11 is 0. The van der Waals surface area contributed by atoms with Crippen LogP contribution in [0, 0.1) is 0 Å². The van der Waals surface area contributed by atoms with Crippen LogP contribution in [0.25, 0.3) is 0 Å². The highest BCUT2D eigenvalue weighted by molar-refractivity contribution is 5.88. The number of imidazole rings is 1. The number of carbonyl (C=O) groups is 2. The standard InChI is InChI=1S/C10H13F3N4O3/c1-17(2)7(18)9(14,3-6-4-15-5-16-6)20-8(19)10(11,12)13/h4-5H,3,14H2,1-2H3,(H,15,16)/t9-/m0/s1. The summed E-state index contributed by atoms with van der Waals surface area (Å²) in [4.78, 5) is 29.9. The number of nitrogens with zero attached hydrogens (tertiary/aromatic N) is 2. The van der Waals surface area contributed by atoms with Crippen molar-refractivity contribution in [1.29, 1.82) is 0 Å². The Hall–Kier alpha value is -2.10. The average molecular weight is 294 g/mol.